The van der Waals surface area contributed by atoms with Crippen molar-refractivity contribution in [1.82, 2.24) is 0 Å². The van der Waals surface area contributed by atoms with Gasteiger partial charge >= 0.3 is 6.02 Å². The summed E-state index contributed by atoms with van der Waals surface area (Å²) in [4.78, 5) is 8.30. The van der Waals surface area contributed by atoms with Crippen LogP contribution in [0.4, 0.5) is 0 Å². The number of ether oxygens (including phenoxy) is 2. The minimum atomic E-state index is -0.347. The van der Waals surface area contributed by atoms with E-state index in [1.54, 1.807) is 7.05 Å². The van der Waals surface area contributed by atoms with Gasteiger partial charge in [0.05, 0.1) is 0 Å². The minimum Gasteiger partial charge on any atom is -0.472 e. The molecule has 0 N–H and O–H groups in total. The van der Waals surface area contributed by atoms with Gasteiger partial charge in [0, 0.05) is 12.6 Å². The predicted molar refractivity (Wildman–Crippen MR) is 100.0 cm³/mol. The highest BCUT2D eigenvalue weighted by molar-refractivity contribution is 6.00. The molecule has 132 valence electrons. The summed E-state index contributed by atoms with van der Waals surface area (Å²) in [6.45, 7) is 25.4. The van der Waals surface area contributed by atoms with Crippen LogP contribution in [0.15, 0.2) is 22.1 Å². The van der Waals surface area contributed by atoms with Gasteiger partial charge < -0.3 is 9.47 Å². The van der Waals surface area contributed by atoms with Crippen LogP contribution >= 0.6 is 0 Å². The number of hydrogen-bond donors (Lipinski definition) is 0. The van der Waals surface area contributed by atoms with Crippen LogP contribution in [0, 0.1) is 0 Å². The molecule has 0 aromatic carbocycles. The average molecular weight is 315 g/mol. The first-order valence-corrected chi connectivity index (χ1v) is 8.04. The number of rotatable bonds is 1. The van der Waals surface area contributed by atoms with Crippen LogP contribution in [-0.2, 0) is 9.47 Å². The maximum Gasteiger partial charge on any atom is 0.315 e. The highest BCUT2D eigenvalue weighted by Gasteiger charge is 2.19. The molecule has 4 heteroatoms. The van der Waals surface area contributed by atoms with Crippen molar-refractivity contribution in [2.45, 2.75) is 87.4 Å². The normalized spacial score (nSPS) is 12.4. The quantitative estimate of drug-likeness (QED) is 0.465. The van der Waals surface area contributed by atoms with E-state index in [9.17, 15) is 0 Å². The lowest BCUT2D eigenvalue weighted by molar-refractivity contribution is 0.107. The molecule has 0 amide bonds. The second-order valence-corrected chi connectivity index (χ2v) is 6.13. The molecule has 0 saturated heterocycles. The molecule has 0 aliphatic carbocycles. The summed E-state index contributed by atoms with van der Waals surface area (Å²) in [5.74, 6) is 0.451. The molecule has 0 bridgehead atoms. The zero-order valence-corrected chi connectivity index (χ0v) is 16.9. The molecule has 0 rings (SSSR count). The summed E-state index contributed by atoms with van der Waals surface area (Å²) < 4.78 is 11.4. The first-order chi connectivity index (χ1) is 9.94. The van der Waals surface area contributed by atoms with E-state index < -0.39 is 0 Å². The van der Waals surface area contributed by atoms with Crippen molar-refractivity contribution in [2.75, 3.05) is 7.05 Å². The van der Waals surface area contributed by atoms with Crippen molar-refractivity contribution in [3.05, 3.63) is 12.2 Å². The van der Waals surface area contributed by atoms with Gasteiger partial charge in [-0.15, -0.1) is 0 Å². The summed E-state index contributed by atoms with van der Waals surface area (Å²) in [7, 11) is 1.64. The third kappa shape index (κ3) is 16.7. The fourth-order valence-electron chi connectivity index (χ4n) is 0.975. The van der Waals surface area contributed by atoms with Crippen LogP contribution in [0.1, 0.15) is 76.2 Å². The van der Waals surface area contributed by atoms with E-state index in [2.05, 4.69) is 16.6 Å². The first kappa shape index (κ1) is 25.6. The molecule has 0 atom stereocenters. The van der Waals surface area contributed by atoms with Gasteiger partial charge in [0.1, 0.15) is 11.2 Å². The number of hydrogen-bond acceptors (Lipinski definition) is 3. The van der Waals surface area contributed by atoms with Crippen LogP contribution in [0.25, 0.3) is 0 Å². The second-order valence-electron chi connectivity index (χ2n) is 6.13. The molecular formula is C18H38N2O2. The van der Waals surface area contributed by atoms with E-state index in [4.69, 9.17) is 9.47 Å². The van der Waals surface area contributed by atoms with E-state index in [0.717, 1.165) is 5.57 Å². The Morgan fingerprint density at radius 2 is 1.18 bits per heavy atom. The van der Waals surface area contributed by atoms with Gasteiger partial charge in [0.25, 0.3) is 0 Å². The molecule has 0 aromatic heterocycles. The highest BCUT2D eigenvalue weighted by atomic mass is 16.5. The number of nitrogens with zero attached hydrogens (tertiary/aromatic N) is 2. The fraction of sp³-hybridized carbons (Fsp3) is 0.778. The summed E-state index contributed by atoms with van der Waals surface area (Å²) in [5, 5.41) is 0. The summed E-state index contributed by atoms with van der Waals surface area (Å²) in [6, 6.07) is 0.296. The second kappa shape index (κ2) is 12.2. The van der Waals surface area contributed by atoms with Crippen LogP contribution in [-0.4, -0.2) is 30.2 Å². The lowest BCUT2D eigenvalue weighted by atomic mass is 10.2. The number of aliphatic imine (C=N–C) groups is 2. The van der Waals surface area contributed by atoms with Crippen molar-refractivity contribution in [1.29, 1.82) is 0 Å². The molecule has 0 spiro atoms. The zero-order valence-electron chi connectivity index (χ0n) is 16.9. The molecule has 0 radical (unpaired) electrons. The fourth-order valence-corrected chi connectivity index (χ4v) is 0.975. The van der Waals surface area contributed by atoms with Crippen molar-refractivity contribution in [3.63, 3.8) is 0 Å². The van der Waals surface area contributed by atoms with Crippen LogP contribution in [0.3, 0.4) is 0 Å². The Morgan fingerprint density at radius 3 is 1.41 bits per heavy atom. The average Bonchev–Trinajstić information content (AvgIpc) is 2.38. The van der Waals surface area contributed by atoms with E-state index in [-0.39, 0.29) is 11.2 Å². The van der Waals surface area contributed by atoms with Gasteiger partial charge in [-0.3, -0.25) is 0 Å². The van der Waals surface area contributed by atoms with Crippen molar-refractivity contribution >= 4 is 11.9 Å². The van der Waals surface area contributed by atoms with Crippen molar-refractivity contribution < 1.29 is 9.47 Å². The molecule has 0 aromatic rings. The third-order valence-electron chi connectivity index (χ3n) is 1.55. The van der Waals surface area contributed by atoms with E-state index >= 15 is 0 Å². The van der Waals surface area contributed by atoms with Gasteiger partial charge in [0.15, 0.2) is 0 Å². The smallest absolute Gasteiger partial charge is 0.315 e. The van der Waals surface area contributed by atoms with Gasteiger partial charge in [-0.25, -0.2) is 4.99 Å². The molecular weight excluding hydrogens is 276 g/mol. The molecule has 4 nitrogen and oxygen atoms in total. The Hall–Kier alpha value is -1.32. The minimum absolute atomic E-state index is 0.296. The monoisotopic (exact) mass is 314 g/mol. The summed E-state index contributed by atoms with van der Waals surface area (Å²) >= 11 is 0. The Morgan fingerprint density at radius 1 is 0.818 bits per heavy atom. The Balaban J connectivity index is -0.000000826. The maximum absolute atomic E-state index is 5.74. The molecule has 0 fully saturated rings. The lowest BCUT2D eigenvalue weighted by Gasteiger charge is -2.24. The lowest BCUT2D eigenvalue weighted by Crippen LogP contribution is -2.27. The number of amidine groups is 1. The van der Waals surface area contributed by atoms with Crippen LogP contribution in [0.5, 0.6) is 0 Å². The highest BCUT2D eigenvalue weighted by Crippen LogP contribution is 2.13. The molecule has 0 aliphatic heterocycles. The molecule has 0 saturated carbocycles. The van der Waals surface area contributed by atoms with Crippen molar-refractivity contribution in [3.8, 4) is 0 Å². The maximum atomic E-state index is 5.74. The van der Waals surface area contributed by atoms with Gasteiger partial charge in [-0.2, -0.15) is 4.99 Å². The Labute approximate surface area is 138 Å². The van der Waals surface area contributed by atoms with Crippen molar-refractivity contribution in [2.24, 2.45) is 9.98 Å². The van der Waals surface area contributed by atoms with Crippen LogP contribution < -0.4 is 0 Å². The molecule has 0 heterocycles. The zero-order chi connectivity index (χ0) is 18.6. The largest absolute Gasteiger partial charge is 0.472 e. The third-order valence-corrected chi connectivity index (χ3v) is 1.55. The van der Waals surface area contributed by atoms with E-state index in [1.165, 1.54) is 0 Å². The van der Waals surface area contributed by atoms with Gasteiger partial charge in [-0.05, 0) is 48.5 Å². The van der Waals surface area contributed by atoms with E-state index in [1.807, 2.05) is 76.2 Å². The standard InChI is InChI=1S/C14H26N2O2.2C2H6/c1-10(2)11(17-13(3,4)5)16-12(15-9)18-14(6,7)8;2*1-2/h1H2,2-9H3;2*1-2H3/b15-12?,16-11+;;. The van der Waals surface area contributed by atoms with Crippen LogP contribution in [0.2, 0.25) is 0 Å². The Bertz CT molecular complexity index is 356. The molecule has 0 unspecified atom stereocenters. The van der Waals surface area contributed by atoms with Gasteiger partial charge in [0.2, 0.25) is 5.90 Å². The van der Waals surface area contributed by atoms with E-state index in [0.29, 0.717) is 11.9 Å². The SMILES string of the molecule is C=C(C)/C(=N\C(=NC)OC(C)(C)C)OC(C)(C)C.CC.CC. The predicted octanol–water partition coefficient (Wildman–Crippen LogP) is 5.63. The molecule has 22 heavy (non-hydrogen) atoms. The Kier molecular flexibility index (Phi) is 14.3. The van der Waals surface area contributed by atoms with Gasteiger partial charge in [-0.1, -0.05) is 34.3 Å². The first-order valence-electron chi connectivity index (χ1n) is 8.04. The topological polar surface area (TPSA) is 43.2 Å². The summed E-state index contributed by atoms with van der Waals surface area (Å²) in [6.07, 6.45) is 0. The molecule has 0 aliphatic rings. The summed E-state index contributed by atoms with van der Waals surface area (Å²) in [5.41, 5.74) is 0.0575.